The van der Waals surface area contributed by atoms with Gasteiger partial charge in [0.2, 0.25) is 0 Å². The summed E-state index contributed by atoms with van der Waals surface area (Å²) < 4.78 is 85.0. The summed E-state index contributed by atoms with van der Waals surface area (Å²) in [5, 5.41) is 11.1. The molecule has 0 aliphatic rings. The van der Waals surface area contributed by atoms with Crippen LogP contribution in [-0.2, 0) is 74.0 Å². The van der Waals surface area contributed by atoms with E-state index in [2.05, 4.69) is 39.3 Å². The van der Waals surface area contributed by atoms with Crippen molar-refractivity contribution >= 4 is 76.7 Å². The number of nitrogens with zero attached hydrogens (tertiary/aromatic N) is 2. The summed E-state index contributed by atoms with van der Waals surface area (Å²) in [6, 6.07) is 36.3. The average Bonchev–Trinajstić information content (AvgIpc) is 0.912. The molecule has 28 heteroatoms. The van der Waals surface area contributed by atoms with E-state index < -0.39 is 78.0 Å². The Morgan fingerprint density at radius 2 is 0.680 bits per heavy atom. The SMILES string of the molecule is C=C(C)C(=O)OCC(COC(=O)Nc1ccccc1)CN(CCC[Si](OCC)(OCC)OCC)CC(COCCCCOCC(CN(CCC[Si](OCC)(OCC)OCC)CC(COC(=O)C(=C)C)OC(=O)Nc1ccccc1)OC(=O)Nc1ccccc1)COC(=O)Nc1ccccc1. The Kier molecular flexibility index (Phi) is 42.3. The molecule has 4 rings (SSSR count). The number of benzene rings is 4. The number of unbranched alkanes of at least 4 members (excludes halogenated alkanes) is 1. The Hall–Kier alpha value is -7.59. The van der Waals surface area contributed by atoms with Gasteiger partial charge in [-0.1, -0.05) is 86.0 Å². The number of para-hydroxylation sites is 4. The monoisotopic (exact) mass is 1430 g/mol. The maximum atomic E-state index is 13.7. The minimum atomic E-state index is -3.15. The van der Waals surface area contributed by atoms with Crippen LogP contribution >= 0.6 is 0 Å². The van der Waals surface area contributed by atoms with E-state index in [4.69, 9.17) is 64.5 Å². The van der Waals surface area contributed by atoms with Crippen molar-refractivity contribution in [1.29, 1.82) is 0 Å². The van der Waals surface area contributed by atoms with Crippen LogP contribution in [0.25, 0.3) is 0 Å². The van der Waals surface area contributed by atoms with Crippen LogP contribution in [0.1, 0.15) is 81.1 Å². The summed E-state index contributed by atoms with van der Waals surface area (Å²) in [5.41, 5.74) is 2.45. The highest BCUT2D eigenvalue weighted by Gasteiger charge is 2.41. The molecular formula is C72H108N6O20Si2. The molecule has 0 bridgehead atoms. The molecule has 4 aromatic carbocycles. The lowest BCUT2D eigenvalue weighted by molar-refractivity contribution is -0.142. The summed E-state index contributed by atoms with van der Waals surface area (Å²) in [6.07, 6.45) is -2.71. The molecule has 0 saturated heterocycles. The van der Waals surface area contributed by atoms with Gasteiger partial charge >= 0.3 is 53.9 Å². The van der Waals surface area contributed by atoms with Crippen LogP contribution in [0.15, 0.2) is 146 Å². The largest absolute Gasteiger partial charge is 0.500 e. The molecule has 554 valence electrons. The lowest BCUT2D eigenvalue weighted by Crippen LogP contribution is -2.48. The molecule has 0 aliphatic carbocycles. The number of hydrogen-bond acceptors (Lipinski definition) is 22. The summed E-state index contributed by atoms with van der Waals surface area (Å²) >= 11 is 0. The van der Waals surface area contributed by atoms with Crippen molar-refractivity contribution in [2.75, 3.05) is 153 Å². The van der Waals surface area contributed by atoms with Crippen molar-refractivity contribution in [3.8, 4) is 0 Å². The van der Waals surface area contributed by atoms with Gasteiger partial charge in [-0.2, -0.15) is 0 Å². The second kappa shape index (κ2) is 49.9. The van der Waals surface area contributed by atoms with Gasteiger partial charge in [-0.25, -0.2) is 28.8 Å². The van der Waals surface area contributed by atoms with Crippen LogP contribution in [0, 0.1) is 11.8 Å². The molecule has 0 fully saturated rings. The van der Waals surface area contributed by atoms with Gasteiger partial charge in [0.25, 0.3) is 0 Å². The van der Waals surface area contributed by atoms with Gasteiger partial charge in [-0.05, 0) is 143 Å². The quantitative estimate of drug-likeness (QED) is 0.0105. The van der Waals surface area contributed by atoms with E-state index in [-0.39, 0.29) is 83.6 Å². The normalized spacial score (nSPS) is 12.7. The average molecular weight is 1430 g/mol. The van der Waals surface area contributed by atoms with Crippen molar-refractivity contribution in [3.05, 3.63) is 146 Å². The second-order valence-electron chi connectivity index (χ2n) is 23.3. The predicted octanol–water partition coefficient (Wildman–Crippen LogP) is 12.5. The van der Waals surface area contributed by atoms with Crippen LogP contribution in [0.3, 0.4) is 0 Å². The highest BCUT2D eigenvalue weighted by atomic mass is 28.4. The predicted molar refractivity (Wildman–Crippen MR) is 386 cm³/mol. The van der Waals surface area contributed by atoms with Gasteiger partial charge in [0.1, 0.15) is 19.3 Å². The number of anilines is 4. The molecule has 0 spiro atoms. The number of nitrogens with one attached hydrogen (secondary N) is 4. The van der Waals surface area contributed by atoms with Crippen LogP contribution in [-0.4, -0.2) is 208 Å². The van der Waals surface area contributed by atoms with E-state index in [0.717, 1.165) is 0 Å². The fourth-order valence-corrected chi connectivity index (χ4v) is 15.5. The third kappa shape index (κ3) is 36.1. The highest BCUT2D eigenvalue weighted by molar-refractivity contribution is 6.61. The zero-order valence-electron chi connectivity index (χ0n) is 59.7. The molecule has 0 saturated carbocycles. The number of rotatable bonds is 53. The molecule has 4 atom stereocenters. The molecule has 4 aromatic rings. The molecule has 4 amide bonds. The zero-order valence-corrected chi connectivity index (χ0v) is 61.7. The van der Waals surface area contributed by atoms with E-state index in [0.29, 0.717) is 120 Å². The van der Waals surface area contributed by atoms with Crippen molar-refractivity contribution in [3.63, 3.8) is 0 Å². The van der Waals surface area contributed by atoms with Crippen LogP contribution < -0.4 is 21.3 Å². The Balaban J connectivity index is 1.58. The Labute approximate surface area is 593 Å². The van der Waals surface area contributed by atoms with Gasteiger partial charge in [-0.15, -0.1) is 0 Å². The van der Waals surface area contributed by atoms with Gasteiger partial charge in [0.15, 0.2) is 6.10 Å². The number of carbonyl (C=O) groups is 6. The summed E-state index contributed by atoms with van der Waals surface area (Å²) in [4.78, 5) is 83.5. The number of esters is 2. The van der Waals surface area contributed by atoms with Gasteiger partial charge in [-0.3, -0.25) is 26.2 Å². The van der Waals surface area contributed by atoms with E-state index >= 15 is 0 Å². The molecule has 4 unspecified atom stereocenters. The van der Waals surface area contributed by atoms with Crippen molar-refractivity contribution in [2.24, 2.45) is 11.8 Å². The minimum absolute atomic E-state index is 0.0168. The van der Waals surface area contributed by atoms with Crippen LogP contribution in [0.5, 0.6) is 0 Å². The molecule has 0 aliphatic heterocycles. The highest BCUT2D eigenvalue weighted by Crippen LogP contribution is 2.23. The lowest BCUT2D eigenvalue weighted by atomic mass is 10.1. The van der Waals surface area contributed by atoms with Crippen molar-refractivity contribution < 1.29 is 93.2 Å². The topological polar surface area (TPSA) is 286 Å². The zero-order chi connectivity index (χ0) is 72.6. The maximum absolute atomic E-state index is 13.7. The minimum Gasteiger partial charge on any atom is -0.462 e. The van der Waals surface area contributed by atoms with Crippen LogP contribution in [0.4, 0.5) is 41.9 Å². The summed E-state index contributed by atoms with van der Waals surface area (Å²) in [5.74, 6) is -2.23. The third-order valence-electron chi connectivity index (χ3n) is 14.6. The first kappa shape index (κ1) is 84.8. The molecule has 0 radical (unpaired) electrons. The first-order valence-electron chi connectivity index (χ1n) is 34.5. The number of carbonyl (C=O) groups excluding carboxylic acids is 6. The number of hydrogen-bond donors (Lipinski definition) is 4. The van der Waals surface area contributed by atoms with Gasteiger partial charge < -0.3 is 69.4 Å². The smallest absolute Gasteiger partial charge is 0.462 e. The Morgan fingerprint density at radius 3 is 1.03 bits per heavy atom. The molecular weight excluding hydrogens is 1320 g/mol. The molecule has 4 N–H and O–H groups in total. The van der Waals surface area contributed by atoms with E-state index in [1.165, 1.54) is 6.92 Å². The number of amides is 4. The van der Waals surface area contributed by atoms with Gasteiger partial charge in [0.05, 0.1) is 26.4 Å². The summed E-state index contributed by atoms with van der Waals surface area (Å²) in [6.45, 7) is 25.6. The first-order valence-corrected chi connectivity index (χ1v) is 38.3. The van der Waals surface area contributed by atoms with Crippen molar-refractivity contribution in [1.82, 2.24) is 9.80 Å². The molecule has 26 nitrogen and oxygen atoms in total. The fraction of sp³-hybridized carbons (Fsp3) is 0.528. The second-order valence-corrected chi connectivity index (χ2v) is 28.7. The lowest BCUT2D eigenvalue weighted by Gasteiger charge is -2.32. The standard InChI is InChI=1S/C72H108N6O20Si2/c1-11-91-99(92-12-2,93-13-3)45-31-41-77(48-60(52-87-67(79)57(7)8)54-90-70(82)74-62-35-23-18-24-36-62)47-59(53-89-69(81)73-61-33-21-17-22-34-61)51-85-43-29-30-44-86-55-65(97-71(83)75-63-37-25-19-26-38-63)49-78(42-32-46-100(94-14-4,95-15-5)96-16-6)50-66(56-88-68(80)58(9)10)98-72(84)76-64-39-27-20-28-40-64/h17-28,33-40,59-60,65-66H,7,9,11-16,29-32,41-56H2,1-6,8,10H3,(H,73,81)(H,74,82)(H,75,83)(H,76,84). The molecule has 0 aromatic heterocycles. The molecule has 100 heavy (non-hydrogen) atoms. The Morgan fingerprint density at radius 1 is 0.380 bits per heavy atom. The fourth-order valence-electron chi connectivity index (χ4n) is 10.3. The van der Waals surface area contributed by atoms with E-state index in [9.17, 15) is 28.8 Å². The van der Waals surface area contributed by atoms with Crippen LogP contribution in [0.2, 0.25) is 12.1 Å². The van der Waals surface area contributed by atoms with E-state index in [1.807, 2.05) is 70.7 Å². The number of ether oxygens (including phenoxy) is 8. The first-order chi connectivity index (χ1) is 48.3. The van der Waals surface area contributed by atoms with Crippen molar-refractivity contribution in [2.45, 2.75) is 105 Å². The summed E-state index contributed by atoms with van der Waals surface area (Å²) in [7, 11) is -6.26. The van der Waals surface area contributed by atoms with Gasteiger partial charge in [0, 0.05) is 137 Å². The molecule has 0 heterocycles. The third-order valence-corrected chi connectivity index (χ3v) is 20.9. The van der Waals surface area contributed by atoms with E-state index in [1.54, 1.807) is 104 Å². The Bertz CT molecular complexity index is 2930. The maximum Gasteiger partial charge on any atom is 0.500 e.